The SMILES string of the molecule is CCc1c(OC)cc(OC)cc1C1(CN)CC1. The highest BCUT2D eigenvalue weighted by Crippen LogP contribution is 2.51. The Morgan fingerprint density at radius 1 is 1.24 bits per heavy atom. The number of nitrogens with two attached hydrogens (primary N) is 1. The minimum Gasteiger partial charge on any atom is -0.497 e. The normalized spacial score (nSPS) is 16.7. The van der Waals surface area contributed by atoms with Crippen molar-refractivity contribution in [2.75, 3.05) is 20.8 Å². The van der Waals surface area contributed by atoms with E-state index in [0.717, 1.165) is 17.9 Å². The van der Waals surface area contributed by atoms with Crippen molar-refractivity contribution in [3.05, 3.63) is 23.3 Å². The van der Waals surface area contributed by atoms with Crippen molar-refractivity contribution in [2.24, 2.45) is 5.73 Å². The molecule has 0 saturated heterocycles. The van der Waals surface area contributed by atoms with Gasteiger partial charge in [0.05, 0.1) is 14.2 Å². The van der Waals surface area contributed by atoms with Crippen LogP contribution in [0, 0.1) is 0 Å². The standard InChI is InChI=1S/C14H21NO2/c1-4-11-12(14(9-15)5-6-14)7-10(16-2)8-13(11)17-3/h7-8H,4-6,9,15H2,1-3H3. The zero-order valence-electron chi connectivity index (χ0n) is 10.9. The third kappa shape index (κ3) is 2.00. The van der Waals surface area contributed by atoms with Crippen molar-refractivity contribution < 1.29 is 9.47 Å². The molecule has 0 bridgehead atoms. The Labute approximate surface area is 103 Å². The number of benzene rings is 1. The van der Waals surface area contributed by atoms with Gasteiger partial charge in [-0.2, -0.15) is 0 Å². The van der Waals surface area contributed by atoms with Crippen LogP contribution in [0.2, 0.25) is 0 Å². The van der Waals surface area contributed by atoms with Gasteiger partial charge in [-0.3, -0.25) is 0 Å². The first-order valence-corrected chi connectivity index (χ1v) is 6.16. The second-order valence-electron chi connectivity index (χ2n) is 4.69. The van der Waals surface area contributed by atoms with Gasteiger partial charge in [0.1, 0.15) is 11.5 Å². The van der Waals surface area contributed by atoms with E-state index in [1.54, 1.807) is 14.2 Å². The smallest absolute Gasteiger partial charge is 0.126 e. The van der Waals surface area contributed by atoms with Gasteiger partial charge in [-0.1, -0.05) is 6.92 Å². The molecule has 1 aromatic carbocycles. The van der Waals surface area contributed by atoms with Crippen molar-refractivity contribution in [2.45, 2.75) is 31.6 Å². The maximum absolute atomic E-state index is 5.93. The number of hydrogen-bond donors (Lipinski definition) is 1. The molecule has 1 aromatic rings. The van der Waals surface area contributed by atoms with Gasteiger partial charge in [0, 0.05) is 18.0 Å². The van der Waals surface area contributed by atoms with Gasteiger partial charge in [-0.25, -0.2) is 0 Å². The molecule has 2 rings (SSSR count). The van der Waals surface area contributed by atoms with Crippen LogP contribution in [-0.2, 0) is 11.8 Å². The van der Waals surface area contributed by atoms with Crippen LogP contribution < -0.4 is 15.2 Å². The summed E-state index contributed by atoms with van der Waals surface area (Å²) in [5.74, 6) is 1.77. The molecule has 0 amide bonds. The first-order valence-electron chi connectivity index (χ1n) is 6.16. The van der Waals surface area contributed by atoms with E-state index in [2.05, 4.69) is 13.0 Å². The Kier molecular flexibility index (Phi) is 3.29. The summed E-state index contributed by atoms with van der Waals surface area (Å²) >= 11 is 0. The van der Waals surface area contributed by atoms with E-state index in [9.17, 15) is 0 Å². The maximum Gasteiger partial charge on any atom is 0.126 e. The average molecular weight is 235 g/mol. The molecule has 0 aliphatic heterocycles. The van der Waals surface area contributed by atoms with E-state index < -0.39 is 0 Å². The summed E-state index contributed by atoms with van der Waals surface area (Å²) in [5, 5.41) is 0. The van der Waals surface area contributed by atoms with Crippen molar-refractivity contribution in [1.29, 1.82) is 0 Å². The highest BCUT2D eigenvalue weighted by Gasteiger charge is 2.44. The molecule has 3 nitrogen and oxygen atoms in total. The van der Waals surface area contributed by atoms with Crippen molar-refractivity contribution in [3.8, 4) is 11.5 Å². The van der Waals surface area contributed by atoms with Crippen LogP contribution in [0.1, 0.15) is 30.9 Å². The monoisotopic (exact) mass is 235 g/mol. The minimum atomic E-state index is 0.174. The van der Waals surface area contributed by atoms with Gasteiger partial charge in [0.2, 0.25) is 0 Å². The van der Waals surface area contributed by atoms with Crippen LogP contribution >= 0.6 is 0 Å². The Balaban J connectivity index is 2.55. The molecule has 17 heavy (non-hydrogen) atoms. The molecule has 1 aliphatic carbocycles. The van der Waals surface area contributed by atoms with Crippen molar-refractivity contribution in [3.63, 3.8) is 0 Å². The van der Waals surface area contributed by atoms with Gasteiger partial charge in [-0.05, 0) is 36.5 Å². The third-order valence-corrected chi connectivity index (χ3v) is 3.81. The molecule has 1 fully saturated rings. The lowest BCUT2D eigenvalue weighted by molar-refractivity contribution is 0.389. The predicted molar refractivity (Wildman–Crippen MR) is 68.9 cm³/mol. The van der Waals surface area contributed by atoms with Gasteiger partial charge >= 0.3 is 0 Å². The predicted octanol–water partition coefficient (Wildman–Crippen LogP) is 2.26. The van der Waals surface area contributed by atoms with Crippen LogP contribution in [0.5, 0.6) is 11.5 Å². The average Bonchev–Trinajstić information content (AvgIpc) is 3.17. The summed E-state index contributed by atoms with van der Waals surface area (Å²) in [6.07, 6.45) is 3.31. The fourth-order valence-electron chi connectivity index (χ4n) is 2.49. The quantitative estimate of drug-likeness (QED) is 0.851. The summed E-state index contributed by atoms with van der Waals surface area (Å²) in [4.78, 5) is 0. The zero-order valence-corrected chi connectivity index (χ0v) is 10.9. The molecule has 0 heterocycles. The molecule has 94 valence electrons. The van der Waals surface area contributed by atoms with Crippen LogP contribution in [-0.4, -0.2) is 20.8 Å². The van der Waals surface area contributed by atoms with E-state index in [-0.39, 0.29) is 5.41 Å². The summed E-state index contributed by atoms with van der Waals surface area (Å²) in [5.41, 5.74) is 8.69. The Morgan fingerprint density at radius 2 is 1.94 bits per heavy atom. The molecule has 0 unspecified atom stereocenters. The van der Waals surface area contributed by atoms with Crippen LogP contribution in [0.25, 0.3) is 0 Å². The fourth-order valence-corrected chi connectivity index (χ4v) is 2.49. The number of ether oxygens (including phenoxy) is 2. The van der Waals surface area contributed by atoms with Crippen LogP contribution in [0.3, 0.4) is 0 Å². The Bertz CT molecular complexity index is 411. The number of methoxy groups -OCH3 is 2. The van der Waals surface area contributed by atoms with Crippen LogP contribution in [0.4, 0.5) is 0 Å². The van der Waals surface area contributed by atoms with Crippen LogP contribution in [0.15, 0.2) is 12.1 Å². The fraction of sp³-hybridized carbons (Fsp3) is 0.571. The van der Waals surface area contributed by atoms with Gasteiger partial charge in [-0.15, -0.1) is 0 Å². The Hall–Kier alpha value is -1.22. The summed E-state index contributed by atoms with van der Waals surface area (Å²) in [6, 6.07) is 4.08. The minimum absolute atomic E-state index is 0.174. The van der Waals surface area contributed by atoms with E-state index in [1.165, 1.54) is 24.0 Å². The van der Waals surface area contributed by atoms with E-state index >= 15 is 0 Å². The summed E-state index contributed by atoms with van der Waals surface area (Å²) < 4.78 is 10.8. The molecule has 0 atom stereocenters. The van der Waals surface area contributed by atoms with Crippen molar-refractivity contribution >= 4 is 0 Å². The summed E-state index contributed by atoms with van der Waals surface area (Å²) in [7, 11) is 3.39. The topological polar surface area (TPSA) is 44.5 Å². The molecule has 3 heteroatoms. The van der Waals surface area contributed by atoms with E-state index in [0.29, 0.717) is 6.54 Å². The lowest BCUT2D eigenvalue weighted by Crippen LogP contribution is -2.21. The third-order valence-electron chi connectivity index (χ3n) is 3.81. The molecule has 2 N–H and O–H groups in total. The lowest BCUT2D eigenvalue weighted by Gasteiger charge is -2.21. The zero-order chi connectivity index (χ0) is 12.5. The molecule has 1 aliphatic rings. The maximum atomic E-state index is 5.93. The van der Waals surface area contributed by atoms with E-state index in [4.69, 9.17) is 15.2 Å². The first kappa shape index (κ1) is 12.2. The number of rotatable bonds is 5. The van der Waals surface area contributed by atoms with Gasteiger partial charge in [0.25, 0.3) is 0 Å². The Morgan fingerprint density at radius 3 is 2.35 bits per heavy atom. The second-order valence-corrected chi connectivity index (χ2v) is 4.69. The lowest BCUT2D eigenvalue weighted by atomic mass is 9.89. The van der Waals surface area contributed by atoms with E-state index in [1.807, 2.05) is 6.07 Å². The van der Waals surface area contributed by atoms with Crippen molar-refractivity contribution in [1.82, 2.24) is 0 Å². The molecular formula is C14H21NO2. The van der Waals surface area contributed by atoms with Gasteiger partial charge in [0.15, 0.2) is 0 Å². The molecule has 1 saturated carbocycles. The largest absolute Gasteiger partial charge is 0.497 e. The first-order chi connectivity index (χ1) is 8.20. The molecular weight excluding hydrogens is 214 g/mol. The highest BCUT2D eigenvalue weighted by atomic mass is 16.5. The molecule has 0 aromatic heterocycles. The highest BCUT2D eigenvalue weighted by molar-refractivity contribution is 5.52. The summed E-state index contributed by atoms with van der Waals surface area (Å²) in [6.45, 7) is 2.86. The number of hydrogen-bond acceptors (Lipinski definition) is 3. The molecule has 0 spiro atoms. The van der Waals surface area contributed by atoms with Gasteiger partial charge < -0.3 is 15.2 Å². The second kappa shape index (κ2) is 4.57. The molecule has 0 radical (unpaired) electrons.